The van der Waals surface area contributed by atoms with Crippen molar-refractivity contribution in [1.29, 1.82) is 0 Å². The van der Waals surface area contributed by atoms with E-state index in [0.29, 0.717) is 31.0 Å². The summed E-state index contributed by atoms with van der Waals surface area (Å²) in [5.41, 5.74) is 1.58. The van der Waals surface area contributed by atoms with E-state index in [0.717, 1.165) is 11.3 Å². The monoisotopic (exact) mass is 350 g/mol. The Morgan fingerprint density at radius 2 is 1.67 bits per heavy atom. The highest BCUT2D eigenvalue weighted by atomic mass is 28.3. The van der Waals surface area contributed by atoms with E-state index >= 15 is 0 Å². The van der Waals surface area contributed by atoms with Crippen LogP contribution in [0.2, 0.25) is 13.1 Å². The molecule has 1 rings (SSSR count). The van der Waals surface area contributed by atoms with Gasteiger partial charge in [0.25, 0.3) is 14.9 Å². The third kappa shape index (κ3) is 4.76. The maximum absolute atomic E-state index is 12.9. The van der Waals surface area contributed by atoms with Crippen molar-refractivity contribution in [2.24, 2.45) is 0 Å². The maximum atomic E-state index is 12.9. The molecule has 0 saturated carbocycles. The van der Waals surface area contributed by atoms with Gasteiger partial charge in [-0.1, -0.05) is 26.8 Å². The lowest BCUT2D eigenvalue weighted by Crippen LogP contribution is -2.31. The summed E-state index contributed by atoms with van der Waals surface area (Å²) >= 11 is 0. The summed E-state index contributed by atoms with van der Waals surface area (Å²) in [6, 6.07) is 3.90. The topological polar surface area (TPSA) is 38.8 Å². The summed E-state index contributed by atoms with van der Waals surface area (Å²) < 4.78 is 12.1. The van der Waals surface area contributed by atoms with Crippen molar-refractivity contribution in [3.63, 3.8) is 0 Å². The Hall–Kier alpha value is -1.49. The van der Waals surface area contributed by atoms with Gasteiger partial charge in [-0.05, 0) is 45.3 Å². The van der Waals surface area contributed by atoms with Crippen molar-refractivity contribution in [3.05, 3.63) is 23.3 Å². The molecule has 0 aliphatic rings. The summed E-state index contributed by atoms with van der Waals surface area (Å²) in [4.78, 5) is 14.7. The number of ether oxygens (including phenoxy) is 1. The number of hydrogen-bond donors (Lipinski definition) is 0. The number of carbonyl (C=O) groups is 1. The van der Waals surface area contributed by atoms with Crippen molar-refractivity contribution in [1.82, 2.24) is 4.90 Å². The van der Waals surface area contributed by atoms with Gasteiger partial charge >= 0.3 is 0 Å². The van der Waals surface area contributed by atoms with Gasteiger partial charge < -0.3 is 14.1 Å². The lowest BCUT2D eigenvalue weighted by atomic mass is 9.85. The Kier molecular flexibility index (Phi) is 7.33. The Morgan fingerprint density at radius 1 is 1.08 bits per heavy atom. The molecule has 0 unspecified atom stereocenters. The number of amides is 1. The van der Waals surface area contributed by atoms with Crippen LogP contribution in [0, 0.1) is 0 Å². The fourth-order valence-corrected chi connectivity index (χ4v) is 3.21. The first-order valence-corrected chi connectivity index (χ1v) is 11.2. The van der Waals surface area contributed by atoms with Crippen LogP contribution in [0.1, 0.15) is 57.5 Å². The van der Waals surface area contributed by atoms with E-state index in [9.17, 15) is 4.79 Å². The summed E-state index contributed by atoms with van der Waals surface area (Å²) in [5, 5.41) is 0. The standard InChI is InChI=1S/C19H32NO3Si/c1-9-20(10-2)18(21)14-12-13-15(19(4,5)6)17(23-24(7)8)16(14)22-11-3/h12-13H,9-11H2,1-8H3. The second kappa shape index (κ2) is 8.56. The zero-order chi connectivity index (χ0) is 18.5. The fraction of sp³-hybridized carbons (Fsp3) is 0.632. The van der Waals surface area contributed by atoms with Gasteiger partial charge in [0.15, 0.2) is 11.5 Å². The molecule has 0 bridgehead atoms. The van der Waals surface area contributed by atoms with Crippen molar-refractivity contribution in [2.45, 2.75) is 60.1 Å². The van der Waals surface area contributed by atoms with Crippen LogP contribution in [0.15, 0.2) is 12.1 Å². The zero-order valence-electron chi connectivity index (χ0n) is 16.4. The van der Waals surface area contributed by atoms with Crippen LogP contribution in [0.4, 0.5) is 0 Å². The minimum Gasteiger partial charge on any atom is -0.540 e. The third-order valence-electron chi connectivity index (χ3n) is 3.80. The second-order valence-electron chi connectivity index (χ2n) is 6.99. The van der Waals surface area contributed by atoms with Crippen LogP contribution >= 0.6 is 0 Å². The molecule has 0 saturated heterocycles. The van der Waals surface area contributed by atoms with Gasteiger partial charge in [-0.2, -0.15) is 0 Å². The SMILES string of the molecule is CCOc1c(C(=O)N(CC)CC)ccc(C(C)(C)C)c1O[Si](C)C. The van der Waals surface area contributed by atoms with Crippen LogP contribution in [0.3, 0.4) is 0 Å². The third-order valence-corrected chi connectivity index (χ3v) is 4.41. The summed E-state index contributed by atoms with van der Waals surface area (Å²) in [5.74, 6) is 1.32. The predicted octanol–water partition coefficient (Wildman–Crippen LogP) is 4.49. The van der Waals surface area contributed by atoms with Gasteiger partial charge in [-0.25, -0.2) is 0 Å². The Morgan fingerprint density at radius 3 is 2.08 bits per heavy atom. The van der Waals surface area contributed by atoms with Gasteiger partial charge in [0, 0.05) is 18.7 Å². The molecule has 0 fully saturated rings. The van der Waals surface area contributed by atoms with E-state index in [1.54, 1.807) is 0 Å². The summed E-state index contributed by atoms with van der Waals surface area (Å²) in [6.45, 7) is 18.4. The predicted molar refractivity (Wildman–Crippen MR) is 102 cm³/mol. The van der Waals surface area contributed by atoms with E-state index in [1.807, 2.05) is 37.8 Å². The minimum absolute atomic E-state index is 0.00487. The first kappa shape index (κ1) is 20.6. The molecule has 0 aliphatic heterocycles. The van der Waals surface area contributed by atoms with E-state index < -0.39 is 9.04 Å². The van der Waals surface area contributed by atoms with Gasteiger partial charge in [-0.3, -0.25) is 4.79 Å². The Labute approximate surface area is 148 Å². The molecule has 1 amide bonds. The molecule has 0 heterocycles. The smallest absolute Gasteiger partial charge is 0.274 e. The normalized spacial score (nSPS) is 11.5. The van der Waals surface area contributed by atoms with Crippen LogP contribution < -0.4 is 9.16 Å². The number of nitrogens with zero attached hydrogens (tertiary/aromatic N) is 1. The van der Waals surface area contributed by atoms with Crippen molar-refractivity contribution in [3.8, 4) is 11.5 Å². The highest BCUT2D eigenvalue weighted by Crippen LogP contribution is 2.41. The molecule has 5 heteroatoms. The average molecular weight is 351 g/mol. The Bertz CT molecular complexity index is 560. The molecular weight excluding hydrogens is 318 g/mol. The van der Waals surface area contributed by atoms with Crippen molar-refractivity contribution in [2.75, 3.05) is 19.7 Å². The van der Waals surface area contributed by atoms with Gasteiger partial charge in [-0.15, -0.1) is 0 Å². The molecule has 24 heavy (non-hydrogen) atoms. The highest BCUT2D eigenvalue weighted by Gasteiger charge is 2.28. The van der Waals surface area contributed by atoms with E-state index in [2.05, 4.69) is 33.9 Å². The molecule has 1 aromatic rings. The molecule has 0 aliphatic carbocycles. The molecule has 1 radical (unpaired) electrons. The molecule has 0 spiro atoms. The van der Waals surface area contributed by atoms with Gasteiger partial charge in [0.1, 0.15) is 0 Å². The molecule has 0 atom stereocenters. The summed E-state index contributed by atoms with van der Waals surface area (Å²) in [6.07, 6.45) is 0. The zero-order valence-corrected chi connectivity index (χ0v) is 17.4. The lowest BCUT2D eigenvalue weighted by molar-refractivity contribution is 0.0768. The molecular formula is C19H32NO3Si. The van der Waals surface area contributed by atoms with Gasteiger partial charge in [0.2, 0.25) is 0 Å². The van der Waals surface area contributed by atoms with Crippen LogP contribution in [-0.4, -0.2) is 39.5 Å². The van der Waals surface area contributed by atoms with Crippen LogP contribution in [0.25, 0.3) is 0 Å². The molecule has 0 N–H and O–H groups in total. The molecule has 4 nitrogen and oxygen atoms in total. The average Bonchev–Trinajstić information content (AvgIpc) is 2.48. The number of rotatable bonds is 7. The second-order valence-corrected chi connectivity index (χ2v) is 9.01. The number of benzene rings is 1. The quantitative estimate of drug-likeness (QED) is 0.680. The van der Waals surface area contributed by atoms with E-state index in [1.165, 1.54) is 0 Å². The lowest BCUT2D eigenvalue weighted by Gasteiger charge is -2.28. The van der Waals surface area contributed by atoms with Gasteiger partial charge in [0.05, 0.1) is 12.2 Å². The van der Waals surface area contributed by atoms with Crippen molar-refractivity contribution < 1.29 is 14.0 Å². The largest absolute Gasteiger partial charge is 0.540 e. The first-order valence-electron chi connectivity index (χ1n) is 8.74. The number of hydrogen-bond acceptors (Lipinski definition) is 3. The van der Waals surface area contributed by atoms with Crippen LogP contribution in [0.5, 0.6) is 11.5 Å². The van der Waals surface area contributed by atoms with Crippen LogP contribution in [-0.2, 0) is 5.41 Å². The molecule has 135 valence electrons. The highest BCUT2D eigenvalue weighted by molar-refractivity contribution is 6.49. The minimum atomic E-state index is -0.986. The molecule has 1 aromatic carbocycles. The van der Waals surface area contributed by atoms with E-state index in [4.69, 9.17) is 9.16 Å². The number of carbonyl (C=O) groups excluding carboxylic acids is 1. The summed E-state index contributed by atoms with van der Waals surface area (Å²) in [7, 11) is -0.986. The maximum Gasteiger partial charge on any atom is 0.274 e. The fourth-order valence-electron chi connectivity index (χ4n) is 2.60. The molecule has 0 aromatic heterocycles. The Balaban J connectivity index is 3.59. The van der Waals surface area contributed by atoms with E-state index in [-0.39, 0.29) is 11.3 Å². The van der Waals surface area contributed by atoms with Crippen molar-refractivity contribution >= 4 is 14.9 Å². The first-order chi connectivity index (χ1) is 11.2.